The molecule has 0 saturated heterocycles. The summed E-state index contributed by atoms with van der Waals surface area (Å²) in [5.41, 5.74) is -0.657. The number of ether oxygens (including phenoxy) is 1. The van der Waals surface area contributed by atoms with Gasteiger partial charge in [-0.15, -0.1) is 0 Å². The SMILES string of the molecule is O=C(Oc1ccc([N+](=O)[O-])cc1[N+](=O)[O-])c1ccc(-c2ccccc2Cl)o1. The summed E-state index contributed by atoms with van der Waals surface area (Å²) in [6.45, 7) is 0. The lowest BCUT2D eigenvalue weighted by molar-refractivity contribution is -0.394. The quantitative estimate of drug-likeness (QED) is 0.270. The van der Waals surface area contributed by atoms with Crippen LogP contribution in [0.1, 0.15) is 10.6 Å². The molecule has 3 aromatic rings. The number of carbonyl (C=O) groups excluding carboxylic acids is 1. The van der Waals surface area contributed by atoms with Gasteiger partial charge in [-0.05, 0) is 30.3 Å². The molecule has 0 radical (unpaired) electrons. The molecule has 0 N–H and O–H groups in total. The zero-order valence-corrected chi connectivity index (χ0v) is 14.1. The largest absolute Gasteiger partial charge is 0.449 e. The number of hydrogen-bond donors (Lipinski definition) is 0. The summed E-state index contributed by atoms with van der Waals surface area (Å²) in [4.78, 5) is 32.4. The molecule has 0 aliphatic heterocycles. The Bertz CT molecular complexity index is 1060. The van der Waals surface area contributed by atoms with E-state index in [-0.39, 0.29) is 5.76 Å². The first-order chi connectivity index (χ1) is 12.9. The van der Waals surface area contributed by atoms with Crippen molar-refractivity contribution in [2.75, 3.05) is 0 Å². The van der Waals surface area contributed by atoms with Crippen molar-refractivity contribution in [2.24, 2.45) is 0 Å². The van der Waals surface area contributed by atoms with Crippen LogP contribution in [0.4, 0.5) is 11.4 Å². The van der Waals surface area contributed by atoms with Crippen LogP contribution in [-0.2, 0) is 0 Å². The minimum atomic E-state index is -0.995. The van der Waals surface area contributed by atoms with Gasteiger partial charge < -0.3 is 9.15 Å². The van der Waals surface area contributed by atoms with Crippen molar-refractivity contribution in [1.29, 1.82) is 0 Å². The molecule has 3 rings (SSSR count). The second kappa shape index (κ2) is 7.26. The van der Waals surface area contributed by atoms with Crippen LogP contribution in [0.15, 0.2) is 59.0 Å². The highest BCUT2D eigenvalue weighted by Crippen LogP contribution is 2.33. The molecule has 2 aromatic carbocycles. The molecule has 0 unspecified atom stereocenters. The molecule has 0 aliphatic carbocycles. The van der Waals surface area contributed by atoms with E-state index in [0.717, 1.165) is 12.1 Å². The van der Waals surface area contributed by atoms with Crippen molar-refractivity contribution in [3.63, 3.8) is 0 Å². The van der Waals surface area contributed by atoms with E-state index < -0.39 is 32.9 Å². The van der Waals surface area contributed by atoms with Gasteiger partial charge in [0.05, 0.1) is 20.9 Å². The van der Waals surface area contributed by atoms with Crippen molar-refractivity contribution in [1.82, 2.24) is 0 Å². The molecule has 0 bridgehead atoms. The van der Waals surface area contributed by atoms with Gasteiger partial charge in [0, 0.05) is 11.6 Å². The Morgan fingerprint density at radius 2 is 1.74 bits per heavy atom. The Labute approximate surface area is 156 Å². The number of rotatable bonds is 5. The monoisotopic (exact) mass is 388 g/mol. The number of esters is 1. The van der Waals surface area contributed by atoms with Crippen LogP contribution >= 0.6 is 11.6 Å². The molecular formula is C17H9ClN2O7. The Morgan fingerprint density at radius 3 is 2.41 bits per heavy atom. The number of furan rings is 1. The predicted octanol–water partition coefficient (Wildman–Crippen LogP) is 4.64. The van der Waals surface area contributed by atoms with Crippen molar-refractivity contribution in [3.8, 4) is 17.1 Å². The number of nitrogens with zero attached hydrogens (tertiary/aromatic N) is 2. The Kier molecular flexibility index (Phi) is 4.86. The molecule has 0 amide bonds. The summed E-state index contributed by atoms with van der Waals surface area (Å²) in [6, 6.07) is 12.3. The fourth-order valence-corrected chi connectivity index (χ4v) is 2.48. The van der Waals surface area contributed by atoms with E-state index in [1.54, 1.807) is 24.3 Å². The van der Waals surface area contributed by atoms with Gasteiger partial charge in [-0.3, -0.25) is 20.2 Å². The summed E-state index contributed by atoms with van der Waals surface area (Å²) in [6.07, 6.45) is 0. The summed E-state index contributed by atoms with van der Waals surface area (Å²) >= 11 is 6.07. The van der Waals surface area contributed by atoms with E-state index in [0.29, 0.717) is 22.4 Å². The fourth-order valence-electron chi connectivity index (χ4n) is 2.25. The van der Waals surface area contributed by atoms with Crippen LogP contribution in [0.25, 0.3) is 11.3 Å². The number of benzene rings is 2. The molecule has 0 fully saturated rings. The molecule has 10 heteroatoms. The third kappa shape index (κ3) is 3.77. The van der Waals surface area contributed by atoms with E-state index in [1.807, 2.05) is 0 Å². The summed E-state index contributed by atoms with van der Waals surface area (Å²) in [5.74, 6) is -1.33. The summed E-state index contributed by atoms with van der Waals surface area (Å²) in [5, 5.41) is 22.3. The smallest absolute Gasteiger partial charge is 0.379 e. The van der Waals surface area contributed by atoms with Crippen LogP contribution in [-0.4, -0.2) is 15.8 Å². The van der Waals surface area contributed by atoms with Crippen molar-refractivity contribution >= 4 is 28.9 Å². The molecule has 136 valence electrons. The molecule has 9 nitrogen and oxygen atoms in total. The zero-order valence-electron chi connectivity index (χ0n) is 13.3. The number of halogens is 1. The molecule has 27 heavy (non-hydrogen) atoms. The highest BCUT2D eigenvalue weighted by molar-refractivity contribution is 6.33. The zero-order chi connectivity index (χ0) is 19.6. The second-order valence-corrected chi connectivity index (χ2v) is 5.61. The highest BCUT2D eigenvalue weighted by atomic mass is 35.5. The summed E-state index contributed by atoms with van der Waals surface area (Å²) < 4.78 is 10.4. The van der Waals surface area contributed by atoms with Gasteiger partial charge in [0.2, 0.25) is 11.5 Å². The van der Waals surface area contributed by atoms with Gasteiger partial charge in [-0.1, -0.05) is 23.7 Å². The molecule has 0 saturated carbocycles. The van der Waals surface area contributed by atoms with Crippen molar-refractivity contribution in [3.05, 3.63) is 85.6 Å². The van der Waals surface area contributed by atoms with Gasteiger partial charge >= 0.3 is 11.7 Å². The van der Waals surface area contributed by atoms with Crippen LogP contribution < -0.4 is 4.74 Å². The van der Waals surface area contributed by atoms with E-state index in [1.165, 1.54) is 12.1 Å². The Hall–Kier alpha value is -3.72. The first-order valence-corrected chi connectivity index (χ1v) is 7.74. The number of carbonyl (C=O) groups is 1. The lowest BCUT2D eigenvalue weighted by Crippen LogP contribution is -2.09. The minimum absolute atomic E-state index is 0.211. The maximum absolute atomic E-state index is 12.2. The number of nitro benzene ring substituents is 2. The topological polar surface area (TPSA) is 126 Å². The van der Waals surface area contributed by atoms with Crippen LogP contribution in [0.5, 0.6) is 5.75 Å². The molecule has 0 spiro atoms. The third-order valence-corrected chi connectivity index (χ3v) is 3.83. The molecule has 1 heterocycles. The van der Waals surface area contributed by atoms with E-state index in [4.69, 9.17) is 20.8 Å². The normalized spacial score (nSPS) is 10.4. The van der Waals surface area contributed by atoms with Crippen LogP contribution in [0.2, 0.25) is 5.02 Å². The second-order valence-electron chi connectivity index (χ2n) is 5.20. The van der Waals surface area contributed by atoms with E-state index in [2.05, 4.69) is 0 Å². The van der Waals surface area contributed by atoms with Gasteiger partial charge in [0.15, 0.2) is 0 Å². The van der Waals surface area contributed by atoms with Crippen LogP contribution in [0, 0.1) is 20.2 Å². The van der Waals surface area contributed by atoms with E-state index in [9.17, 15) is 25.0 Å². The average Bonchev–Trinajstić information content (AvgIpc) is 3.12. The fraction of sp³-hybridized carbons (Fsp3) is 0. The van der Waals surface area contributed by atoms with Crippen molar-refractivity contribution in [2.45, 2.75) is 0 Å². The Balaban J connectivity index is 1.87. The highest BCUT2D eigenvalue weighted by Gasteiger charge is 2.24. The standard InChI is InChI=1S/C17H9ClN2O7/c18-12-4-2-1-3-11(12)14-7-8-16(26-14)17(21)27-15-6-5-10(19(22)23)9-13(15)20(24)25/h1-9H. The van der Waals surface area contributed by atoms with Crippen molar-refractivity contribution < 1.29 is 23.8 Å². The summed E-state index contributed by atoms with van der Waals surface area (Å²) in [7, 11) is 0. The maximum atomic E-state index is 12.2. The molecular weight excluding hydrogens is 380 g/mol. The maximum Gasteiger partial charge on any atom is 0.379 e. The Morgan fingerprint density at radius 1 is 1.00 bits per heavy atom. The third-order valence-electron chi connectivity index (χ3n) is 3.50. The lowest BCUT2D eigenvalue weighted by atomic mass is 10.2. The predicted molar refractivity (Wildman–Crippen MR) is 93.9 cm³/mol. The molecule has 0 aliphatic rings. The number of non-ortho nitro benzene ring substituents is 1. The minimum Gasteiger partial charge on any atom is -0.449 e. The van der Waals surface area contributed by atoms with Gasteiger partial charge in [-0.2, -0.15) is 0 Å². The first-order valence-electron chi connectivity index (χ1n) is 7.36. The van der Waals surface area contributed by atoms with Crippen LogP contribution in [0.3, 0.4) is 0 Å². The van der Waals surface area contributed by atoms with Gasteiger partial charge in [0.25, 0.3) is 5.69 Å². The van der Waals surface area contributed by atoms with Gasteiger partial charge in [0.1, 0.15) is 5.76 Å². The lowest BCUT2D eigenvalue weighted by Gasteiger charge is -2.03. The van der Waals surface area contributed by atoms with Gasteiger partial charge in [-0.25, -0.2) is 4.79 Å². The molecule has 0 atom stereocenters. The number of nitro groups is 2. The molecule has 1 aromatic heterocycles. The van der Waals surface area contributed by atoms with E-state index >= 15 is 0 Å². The average molecular weight is 389 g/mol. The first kappa shape index (κ1) is 18.1. The number of hydrogen-bond acceptors (Lipinski definition) is 7.